The molecule has 3 heterocycles. The zero-order valence-electron chi connectivity index (χ0n) is 63.5. The molecule has 0 aliphatic carbocycles. The molecular weight excluding hydrogens is 1310 g/mol. The summed E-state index contributed by atoms with van der Waals surface area (Å²) in [4.78, 5) is 211. The minimum absolute atomic E-state index is 0.0723. The van der Waals surface area contributed by atoms with E-state index in [2.05, 4.69) is 58.5 Å². The fourth-order valence-electron chi connectivity index (χ4n) is 12.7. The van der Waals surface area contributed by atoms with Gasteiger partial charge in [-0.1, -0.05) is 68.7 Å². The van der Waals surface area contributed by atoms with Crippen LogP contribution in [0.4, 0.5) is 0 Å². The predicted octanol–water partition coefficient (Wildman–Crippen LogP) is 0.214. The highest BCUT2D eigenvalue weighted by Crippen LogP contribution is 2.28. The summed E-state index contributed by atoms with van der Waals surface area (Å²) >= 11 is 0. The van der Waals surface area contributed by atoms with Gasteiger partial charge >= 0.3 is 0 Å². The van der Waals surface area contributed by atoms with Crippen molar-refractivity contribution in [3.05, 3.63) is 0 Å². The first-order chi connectivity index (χ1) is 46.6. The lowest BCUT2D eigenvalue weighted by Crippen LogP contribution is -2.65. The number of hydrogen-bond acceptors (Lipinski definition) is 16. The number of aliphatic hydroxyl groups excluding tert-OH is 1. The van der Waals surface area contributed by atoms with Gasteiger partial charge in [-0.05, 0) is 164 Å². The van der Waals surface area contributed by atoms with E-state index in [4.69, 9.17) is 5.73 Å². The Bertz CT molecular complexity index is 3020. The van der Waals surface area contributed by atoms with Crippen LogP contribution in [0.25, 0.3) is 0 Å². The van der Waals surface area contributed by atoms with Crippen molar-refractivity contribution in [3.8, 4) is 0 Å². The summed E-state index contributed by atoms with van der Waals surface area (Å²) < 4.78 is 0. The Morgan fingerprint density at radius 2 is 0.871 bits per heavy atom. The molecule has 0 bridgehead atoms. The molecule has 0 aromatic carbocycles. The van der Waals surface area contributed by atoms with E-state index in [1.54, 1.807) is 41.5 Å². The summed E-state index contributed by atoms with van der Waals surface area (Å²) in [5.74, 6) is -10.7. The van der Waals surface area contributed by atoms with Crippen molar-refractivity contribution in [1.82, 2.24) is 73.2 Å². The van der Waals surface area contributed by atoms with Gasteiger partial charge < -0.3 is 84.0 Å². The number of nitrogens with two attached hydrogens (primary N) is 1. The fourth-order valence-corrected chi connectivity index (χ4v) is 12.7. The first-order valence-electron chi connectivity index (χ1n) is 35.8. The van der Waals surface area contributed by atoms with Gasteiger partial charge in [-0.2, -0.15) is 0 Å². The van der Waals surface area contributed by atoms with Crippen LogP contribution in [0.3, 0.4) is 0 Å². The van der Waals surface area contributed by atoms with E-state index in [0.29, 0.717) is 38.5 Å². The molecule has 0 spiro atoms. The largest absolute Gasteiger partial charge is 0.394 e. The maximum atomic E-state index is 14.5. The Hall–Kier alpha value is -7.99. The lowest BCUT2D eigenvalue weighted by molar-refractivity contribution is -0.147. The van der Waals surface area contributed by atoms with Gasteiger partial charge in [0.05, 0.1) is 12.6 Å². The highest BCUT2D eigenvalue weighted by atomic mass is 16.3. The van der Waals surface area contributed by atoms with Crippen LogP contribution in [0.5, 0.6) is 0 Å². The molecule has 572 valence electrons. The van der Waals surface area contributed by atoms with Crippen molar-refractivity contribution >= 4 is 88.6 Å². The van der Waals surface area contributed by atoms with Gasteiger partial charge in [0, 0.05) is 33.0 Å². The smallest absolute Gasteiger partial charge is 0.248 e. The van der Waals surface area contributed by atoms with Crippen LogP contribution in [0.2, 0.25) is 0 Å². The third kappa shape index (κ3) is 24.9. The van der Waals surface area contributed by atoms with E-state index in [1.807, 2.05) is 27.7 Å². The predicted molar refractivity (Wildman–Crippen MR) is 376 cm³/mol. The molecule has 0 aromatic rings. The molecule has 3 fully saturated rings. The molecule has 3 rings (SSSR count). The number of nitrogens with zero attached hydrogens (tertiary/aromatic N) is 3. The van der Waals surface area contributed by atoms with Gasteiger partial charge in [-0.3, -0.25) is 71.9 Å². The average Bonchev–Trinajstić information content (AvgIpc) is 1.77. The Labute approximate surface area is 596 Å². The summed E-state index contributed by atoms with van der Waals surface area (Å²) in [6.07, 6.45) is 2.84. The summed E-state index contributed by atoms with van der Waals surface area (Å²) in [6, 6.07) is -9.81. The SMILES string of the molecule is CC[C@H](C)[C@H](NC(=O)[C@H](C)NC(=O)[C@@H]1CCCN1C(=O)C(C)(C)NC(=O)[C@H](CC(C)C)NC(=O)[C@H](CCC(N)=O)NC(=O)C(C)(C)NC(C)=O)C(=O)NC(C)(C)C(=O)N1CCC[C@H]1C(=O)NC(C)(C)C(=O)N[C@@H](CC(C)C)C(=O)N[C@](C)(CC)C(=O)N1CCC[C@H]1C(=O)N[C@H](CO)CC(C)C. The average molecular weight is 1430 g/mol. The van der Waals surface area contributed by atoms with E-state index in [1.165, 1.54) is 83.9 Å². The summed E-state index contributed by atoms with van der Waals surface area (Å²) in [5, 5.41) is 39.7. The van der Waals surface area contributed by atoms with Crippen molar-refractivity contribution < 1.29 is 77.0 Å². The van der Waals surface area contributed by atoms with Crippen molar-refractivity contribution in [2.75, 3.05) is 26.2 Å². The van der Waals surface area contributed by atoms with E-state index >= 15 is 0 Å². The second-order valence-electron chi connectivity index (χ2n) is 31.3. The molecular formula is C70H121N15O16. The first kappa shape index (κ1) is 87.2. The van der Waals surface area contributed by atoms with Crippen molar-refractivity contribution in [2.24, 2.45) is 29.4 Å². The van der Waals surface area contributed by atoms with Crippen molar-refractivity contribution in [1.29, 1.82) is 0 Å². The van der Waals surface area contributed by atoms with Crippen molar-refractivity contribution in [3.63, 3.8) is 0 Å². The summed E-state index contributed by atoms with van der Waals surface area (Å²) in [6.45, 7) is 32.3. The van der Waals surface area contributed by atoms with E-state index in [9.17, 15) is 77.0 Å². The van der Waals surface area contributed by atoms with Gasteiger partial charge in [0.15, 0.2) is 0 Å². The number of likely N-dealkylation sites (tertiary alicyclic amines) is 3. The van der Waals surface area contributed by atoms with Gasteiger partial charge in [0.2, 0.25) is 88.6 Å². The molecule has 0 aromatic heterocycles. The Morgan fingerprint density at radius 1 is 0.455 bits per heavy atom. The molecule has 0 saturated carbocycles. The normalized spacial score (nSPS) is 19.2. The minimum Gasteiger partial charge on any atom is -0.394 e. The molecule has 3 saturated heterocycles. The molecule has 14 N–H and O–H groups in total. The molecule has 3 aliphatic heterocycles. The number of primary amides is 1. The van der Waals surface area contributed by atoms with Gasteiger partial charge in [0.25, 0.3) is 0 Å². The molecule has 11 atom stereocenters. The number of carbonyl (C=O) groups excluding carboxylic acids is 15. The molecule has 15 amide bonds. The zero-order chi connectivity index (χ0) is 77.2. The molecule has 101 heavy (non-hydrogen) atoms. The first-order valence-corrected chi connectivity index (χ1v) is 35.8. The van der Waals surface area contributed by atoms with E-state index < -0.39 is 177 Å². The second kappa shape index (κ2) is 37.3. The molecule has 31 heteroatoms. The Morgan fingerprint density at radius 3 is 1.31 bits per heavy atom. The third-order valence-electron chi connectivity index (χ3n) is 18.9. The van der Waals surface area contributed by atoms with Crippen LogP contribution < -0.4 is 64.2 Å². The summed E-state index contributed by atoms with van der Waals surface area (Å²) in [7, 11) is 0. The van der Waals surface area contributed by atoms with Crippen LogP contribution in [0.15, 0.2) is 0 Å². The quantitative estimate of drug-likeness (QED) is 0.0396. The number of hydrogen-bond donors (Lipinski definition) is 13. The number of amides is 15. The van der Waals surface area contributed by atoms with Gasteiger partial charge in [-0.25, -0.2) is 0 Å². The highest BCUT2D eigenvalue weighted by molar-refractivity contribution is 6.02. The number of rotatable bonds is 37. The van der Waals surface area contributed by atoms with Crippen LogP contribution in [-0.2, 0) is 71.9 Å². The molecule has 3 aliphatic rings. The van der Waals surface area contributed by atoms with Crippen LogP contribution >= 0.6 is 0 Å². The minimum atomic E-state index is -1.68. The molecule has 31 nitrogen and oxygen atoms in total. The Kier molecular flexibility index (Phi) is 32.2. The maximum Gasteiger partial charge on any atom is 0.248 e. The van der Waals surface area contributed by atoms with Crippen LogP contribution in [0, 0.1) is 23.7 Å². The molecule has 0 radical (unpaired) electrons. The second-order valence-corrected chi connectivity index (χ2v) is 31.3. The Balaban J connectivity index is 1.71. The summed E-state index contributed by atoms with van der Waals surface area (Å²) in [5.41, 5.74) is -2.60. The number of carbonyl (C=O) groups is 15. The van der Waals surface area contributed by atoms with Crippen molar-refractivity contribution in [2.45, 2.75) is 304 Å². The monoisotopic (exact) mass is 1430 g/mol. The van der Waals surface area contributed by atoms with E-state index in [-0.39, 0.29) is 88.9 Å². The lowest BCUT2D eigenvalue weighted by Gasteiger charge is -2.37. The standard InChI is InChI=1S/C70H121N15O16/c1-21-41(9)52(77-53(89)42(10)72-57(93)48-26-23-31-83(48)63(99)68(16,17)79-55(91)46(35-39(5)6)74-54(90)45(29-30-51(71)88)75-61(97)66(12,13)78-43(11)87)60(96)81-69(18,19)64(100)84-32-25-28-50(84)59(95)80-67(14,15)62(98)76-47(36-40(7)8)56(92)82-70(20,22-2)65(101)85-33-24-27-49(85)58(94)73-44(37-86)34-38(3)4/h38-42,44-50,52,86H,21-37H2,1-20H3,(H2,71,88)(H,72,93)(H,73,94)(H,74,90)(H,75,97)(H,76,98)(H,77,89)(H,78,87)(H,79,91)(H,80,95)(H,81,96)(H,82,92)/t41-,42-,44-,45-,46-,47-,48-,49-,50-,52-,70+/m0/s1. The van der Waals surface area contributed by atoms with E-state index in [0.717, 1.165) is 0 Å². The van der Waals surface area contributed by atoms with Crippen LogP contribution in [0.1, 0.15) is 222 Å². The highest BCUT2D eigenvalue weighted by Gasteiger charge is 2.49. The van der Waals surface area contributed by atoms with Gasteiger partial charge in [-0.15, -0.1) is 0 Å². The number of nitrogens with one attached hydrogen (secondary N) is 11. The van der Waals surface area contributed by atoms with Crippen LogP contribution in [-0.4, -0.2) is 217 Å². The lowest BCUT2D eigenvalue weighted by atomic mass is 9.93. The maximum absolute atomic E-state index is 14.5. The number of aliphatic hydroxyl groups is 1. The fraction of sp³-hybridized carbons (Fsp3) is 0.786. The third-order valence-corrected chi connectivity index (χ3v) is 18.9. The zero-order valence-corrected chi connectivity index (χ0v) is 63.5. The molecule has 0 unspecified atom stereocenters. The van der Waals surface area contributed by atoms with Gasteiger partial charge in [0.1, 0.15) is 76.0 Å². The topological polar surface area (TPSA) is 444 Å².